The Kier molecular flexibility index (Phi) is 4.48. The van der Waals surface area contributed by atoms with Gasteiger partial charge in [0.2, 0.25) is 0 Å². The van der Waals surface area contributed by atoms with E-state index < -0.39 is 12.7 Å². The first-order chi connectivity index (χ1) is 8.24. The zero-order valence-electron chi connectivity index (χ0n) is 9.43. The average Bonchev–Trinajstić information content (AvgIpc) is 2.37. The first-order valence-corrected chi connectivity index (χ1v) is 6.48. The molecule has 1 fully saturated rings. The fourth-order valence-electron chi connectivity index (χ4n) is 2.15. The van der Waals surface area contributed by atoms with Crippen LogP contribution in [0.2, 0.25) is 0 Å². The van der Waals surface area contributed by atoms with Gasteiger partial charge in [-0.2, -0.15) is 0 Å². The van der Waals surface area contributed by atoms with Crippen LogP contribution in [0.5, 0.6) is 0 Å². The van der Waals surface area contributed by atoms with E-state index >= 15 is 0 Å². The number of benzene rings is 1. The number of rotatable bonds is 3. The van der Waals surface area contributed by atoms with E-state index in [1.54, 1.807) is 18.2 Å². The van der Waals surface area contributed by atoms with Gasteiger partial charge in [-0.05, 0) is 22.0 Å². The number of nitrogens with one attached hydrogen (secondary N) is 1. The zero-order chi connectivity index (χ0) is 12.3. The Labute approximate surface area is 108 Å². The minimum atomic E-state index is -0.562. The molecule has 5 heteroatoms. The SMILES string of the molecule is FC[C@@H](c1cccc(Br)c1F)N1CCNCC1. The Hall–Kier alpha value is -0.520. The molecule has 0 aromatic heterocycles. The second-order valence-electron chi connectivity index (χ2n) is 4.10. The molecule has 0 spiro atoms. The van der Waals surface area contributed by atoms with Crippen LogP contribution in [0.3, 0.4) is 0 Å². The van der Waals surface area contributed by atoms with E-state index in [4.69, 9.17) is 0 Å². The molecule has 0 radical (unpaired) electrons. The molecule has 0 saturated carbocycles. The minimum Gasteiger partial charge on any atom is -0.314 e. The lowest BCUT2D eigenvalue weighted by Crippen LogP contribution is -2.45. The number of nitrogens with zero attached hydrogens (tertiary/aromatic N) is 1. The topological polar surface area (TPSA) is 15.3 Å². The molecule has 1 atom stereocenters. The van der Waals surface area contributed by atoms with Crippen LogP contribution >= 0.6 is 15.9 Å². The summed E-state index contributed by atoms with van der Waals surface area (Å²) >= 11 is 3.14. The summed E-state index contributed by atoms with van der Waals surface area (Å²) in [5, 5.41) is 3.20. The summed E-state index contributed by atoms with van der Waals surface area (Å²) in [6, 6.07) is 4.56. The lowest BCUT2D eigenvalue weighted by Gasteiger charge is -2.33. The highest BCUT2D eigenvalue weighted by atomic mass is 79.9. The van der Waals surface area contributed by atoms with E-state index in [1.165, 1.54) is 0 Å². The Morgan fingerprint density at radius 1 is 1.35 bits per heavy atom. The molecule has 1 heterocycles. The molecule has 17 heavy (non-hydrogen) atoms. The lowest BCUT2D eigenvalue weighted by molar-refractivity contribution is 0.144. The molecule has 94 valence electrons. The third-order valence-electron chi connectivity index (χ3n) is 3.08. The van der Waals surface area contributed by atoms with Gasteiger partial charge < -0.3 is 5.32 Å². The zero-order valence-corrected chi connectivity index (χ0v) is 11.0. The summed E-state index contributed by atoms with van der Waals surface area (Å²) < 4.78 is 27.5. The van der Waals surface area contributed by atoms with E-state index in [0.717, 1.165) is 26.2 Å². The summed E-state index contributed by atoms with van der Waals surface area (Å²) in [4.78, 5) is 1.99. The van der Waals surface area contributed by atoms with Crippen molar-refractivity contribution < 1.29 is 8.78 Å². The lowest BCUT2D eigenvalue weighted by atomic mass is 10.1. The summed E-state index contributed by atoms with van der Waals surface area (Å²) in [6.45, 7) is 2.59. The van der Waals surface area contributed by atoms with E-state index in [-0.39, 0.29) is 5.82 Å². The van der Waals surface area contributed by atoms with Crippen molar-refractivity contribution in [2.24, 2.45) is 0 Å². The first-order valence-electron chi connectivity index (χ1n) is 5.68. The summed E-state index contributed by atoms with van der Waals surface area (Å²) in [6.07, 6.45) is 0. The molecule has 0 unspecified atom stereocenters. The molecule has 0 aliphatic carbocycles. The molecule has 1 aliphatic rings. The molecule has 2 nitrogen and oxygen atoms in total. The van der Waals surface area contributed by atoms with Crippen molar-refractivity contribution in [1.82, 2.24) is 10.2 Å². The van der Waals surface area contributed by atoms with Gasteiger partial charge in [0.05, 0.1) is 10.5 Å². The fraction of sp³-hybridized carbons (Fsp3) is 0.500. The monoisotopic (exact) mass is 304 g/mol. The Morgan fingerprint density at radius 3 is 2.71 bits per heavy atom. The summed E-state index contributed by atoms with van der Waals surface area (Å²) in [5.41, 5.74) is 0.434. The highest BCUT2D eigenvalue weighted by Gasteiger charge is 2.25. The van der Waals surface area contributed by atoms with Gasteiger partial charge in [0, 0.05) is 31.7 Å². The van der Waals surface area contributed by atoms with Gasteiger partial charge in [0.15, 0.2) is 0 Å². The van der Waals surface area contributed by atoms with E-state index in [1.807, 2.05) is 4.90 Å². The van der Waals surface area contributed by atoms with Crippen molar-refractivity contribution in [3.05, 3.63) is 34.1 Å². The van der Waals surface area contributed by atoms with Crippen LogP contribution < -0.4 is 5.32 Å². The maximum absolute atomic E-state index is 13.9. The van der Waals surface area contributed by atoms with Crippen LogP contribution in [0.4, 0.5) is 8.78 Å². The number of hydrogen-bond acceptors (Lipinski definition) is 2. The third-order valence-corrected chi connectivity index (χ3v) is 3.69. The molecule has 0 amide bonds. The number of alkyl halides is 1. The second-order valence-corrected chi connectivity index (χ2v) is 4.95. The minimum absolute atomic E-state index is 0.353. The van der Waals surface area contributed by atoms with Gasteiger partial charge in [0.1, 0.15) is 12.5 Å². The molecule has 1 aromatic carbocycles. The molecule has 2 rings (SSSR count). The molecule has 1 N–H and O–H groups in total. The maximum atomic E-state index is 13.9. The van der Waals surface area contributed by atoms with Gasteiger partial charge in [-0.1, -0.05) is 12.1 Å². The Morgan fingerprint density at radius 2 is 2.06 bits per heavy atom. The van der Waals surface area contributed by atoms with Crippen molar-refractivity contribution >= 4 is 15.9 Å². The molecule has 1 aromatic rings. The quantitative estimate of drug-likeness (QED) is 0.923. The molecule has 1 aliphatic heterocycles. The molecule has 1 saturated heterocycles. The van der Waals surface area contributed by atoms with Gasteiger partial charge in [-0.15, -0.1) is 0 Å². The predicted molar refractivity (Wildman–Crippen MR) is 67.3 cm³/mol. The van der Waals surface area contributed by atoms with Crippen LogP contribution in [-0.4, -0.2) is 37.8 Å². The first kappa shape index (κ1) is 12.9. The Balaban J connectivity index is 2.24. The fourth-order valence-corrected chi connectivity index (χ4v) is 2.53. The van der Waals surface area contributed by atoms with Crippen LogP contribution in [0, 0.1) is 5.82 Å². The van der Waals surface area contributed by atoms with Crippen molar-refractivity contribution in [3.63, 3.8) is 0 Å². The van der Waals surface area contributed by atoms with E-state index in [0.29, 0.717) is 10.0 Å². The highest BCUT2D eigenvalue weighted by molar-refractivity contribution is 9.10. The number of hydrogen-bond donors (Lipinski definition) is 1. The van der Waals surface area contributed by atoms with Crippen molar-refractivity contribution in [1.29, 1.82) is 0 Å². The second kappa shape index (κ2) is 5.89. The normalized spacial score (nSPS) is 19.2. The van der Waals surface area contributed by atoms with Crippen molar-refractivity contribution in [2.45, 2.75) is 6.04 Å². The molecule has 0 bridgehead atoms. The summed E-state index contributed by atoms with van der Waals surface area (Å²) in [7, 11) is 0. The van der Waals surface area contributed by atoms with Gasteiger partial charge in [-0.25, -0.2) is 8.78 Å². The highest BCUT2D eigenvalue weighted by Crippen LogP contribution is 2.28. The van der Waals surface area contributed by atoms with E-state index in [9.17, 15) is 8.78 Å². The predicted octanol–water partition coefficient (Wildman–Crippen LogP) is 2.50. The molecular formula is C12H15BrF2N2. The number of piperazine rings is 1. The summed E-state index contributed by atoms with van der Waals surface area (Å²) in [5.74, 6) is -0.353. The van der Waals surface area contributed by atoms with Crippen LogP contribution in [0.1, 0.15) is 11.6 Å². The van der Waals surface area contributed by atoms with Gasteiger partial charge in [-0.3, -0.25) is 4.90 Å². The smallest absolute Gasteiger partial charge is 0.142 e. The largest absolute Gasteiger partial charge is 0.314 e. The van der Waals surface area contributed by atoms with E-state index in [2.05, 4.69) is 21.2 Å². The van der Waals surface area contributed by atoms with Crippen LogP contribution in [0.25, 0.3) is 0 Å². The average molecular weight is 305 g/mol. The van der Waals surface area contributed by atoms with Gasteiger partial charge >= 0.3 is 0 Å². The maximum Gasteiger partial charge on any atom is 0.142 e. The molecular weight excluding hydrogens is 290 g/mol. The third kappa shape index (κ3) is 2.84. The standard InChI is InChI=1S/C12H15BrF2N2/c13-10-3-1-2-9(12(10)15)11(8-14)17-6-4-16-5-7-17/h1-3,11,16H,4-8H2/t11-/m0/s1. The van der Waals surface area contributed by atoms with Crippen LogP contribution in [0.15, 0.2) is 22.7 Å². The van der Waals surface area contributed by atoms with Crippen LogP contribution in [-0.2, 0) is 0 Å². The Bertz CT molecular complexity index is 381. The van der Waals surface area contributed by atoms with Gasteiger partial charge in [0.25, 0.3) is 0 Å². The van der Waals surface area contributed by atoms with Crippen molar-refractivity contribution in [3.8, 4) is 0 Å². The van der Waals surface area contributed by atoms with Crippen molar-refractivity contribution in [2.75, 3.05) is 32.9 Å². The number of halogens is 3.